The quantitative estimate of drug-likeness (QED) is 0.245. The summed E-state index contributed by atoms with van der Waals surface area (Å²) in [5.41, 5.74) is 0. The van der Waals surface area contributed by atoms with Crippen LogP contribution in [0.1, 0.15) is 59.3 Å². The van der Waals surface area contributed by atoms with Crippen LogP contribution < -0.4 is 0 Å². The van der Waals surface area contributed by atoms with Crippen LogP contribution in [-0.4, -0.2) is 35.9 Å². The predicted molar refractivity (Wildman–Crippen MR) is 86.4 cm³/mol. The van der Waals surface area contributed by atoms with Gasteiger partial charge >= 0.3 is 18.3 Å². The summed E-state index contributed by atoms with van der Waals surface area (Å²) in [4.78, 5) is 12.0. The van der Waals surface area contributed by atoms with Gasteiger partial charge in [0, 0.05) is 6.42 Å². The SMILES string of the molecule is CCCCCC(SCCCC(F)(F)C(F)F)C(=O)OCC(C)C. The lowest BCUT2D eigenvalue weighted by Crippen LogP contribution is -2.27. The Balaban J connectivity index is 4.27. The first-order chi connectivity index (χ1) is 10.7. The minimum absolute atomic E-state index is 0.0518. The highest BCUT2D eigenvalue weighted by atomic mass is 32.2. The van der Waals surface area contributed by atoms with E-state index < -0.39 is 24.0 Å². The molecule has 0 aliphatic carbocycles. The van der Waals surface area contributed by atoms with E-state index in [2.05, 4.69) is 0 Å². The van der Waals surface area contributed by atoms with Crippen molar-refractivity contribution in [1.29, 1.82) is 0 Å². The Hall–Kier alpha value is -0.460. The highest BCUT2D eigenvalue weighted by Crippen LogP contribution is 2.29. The van der Waals surface area contributed by atoms with Gasteiger partial charge in [-0.25, -0.2) is 17.6 Å². The monoisotopic (exact) mass is 360 g/mol. The van der Waals surface area contributed by atoms with E-state index in [1.54, 1.807) is 0 Å². The molecule has 0 rings (SSSR count). The van der Waals surface area contributed by atoms with Crippen molar-refractivity contribution in [2.24, 2.45) is 5.92 Å². The van der Waals surface area contributed by atoms with Crippen LogP contribution in [0.3, 0.4) is 0 Å². The second-order valence-corrected chi connectivity index (χ2v) is 7.36. The zero-order valence-electron chi connectivity index (χ0n) is 14.1. The molecule has 0 saturated carbocycles. The number of unbranched alkanes of at least 4 members (excludes halogenated alkanes) is 2. The Morgan fingerprint density at radius 1 is 1.17 bits per heavy atom. The van der Waals surface area contributed by atoms with E-state index in [9.17, 15) is 22.4 Å². The second-order valence-electron chi connectivity index (χ2n) is 6.04. The lowest BCUT2D eigenvalue weighted by atomic mass is 10.1. The molecule has 0 saturated heterocycles. The van der Waals surface area contributed by atoms with Crippen molar-refractivity contribution in [1.82, 2.24) is 0 Å². The average molecular weight is 360 g/mol. The average Bonchev–Trinajstić information content (AvgIpc) is 2.47. The predicted octanol–water partition coefficient (Wildman–Crippen LogP) is 5.55. The van der Waals surface area contributed by atoms with Gasteiger partial charge < -0.3 is 4.74 Å². The molecule has 2 nitrogen and oxygen atoms in total. The molecule has 0 heterocycles. The first-order valence-corrected chi connectivity index (χ1v) is 9.19. The van der Waals surface area contributed by atoms with Gasteiger partial charge in [-0.15, -0.1) is 11.8 Å². The molecule has 0 fully saturated rings. The molecule has 7 heteroatoms. The van der Waals surface area contributed by atoms with Gasteiger partial charge in [0.2, 0.25) is 0 Å². The molecule has 0 bridgehead atoms. The van der Waals surface area contributed by atoms with Crippen molar-refractivity contribution in [3.05, 3.63) is 0 Å². The summed E-state index contributed by atoms with van der Waals surface area (Å²) in [5, 5.41) is -0.402. The van der Waals surface area contributed by atoms with Gasteiger partial charge in [0.15, 0.2) is 0 Å². The highest BCUT2D eigenvalue weighted by molar-refractivity contribution is 8.00. The van der Waals surface area contributed by atoms with Crippen LogP contribution in [0.15, 0.2) is 0 Å². The van der Waals surface area contributed by atoms with Crippen LogP contribution in [0.25, 0.3) is 0 Å². The van der Waals surface area contributed by atoms with E-state index >= 15 is 0 Å². The van der Waals surface area contributed by atoms with Crippen LogP contribution >= 0.6 is 11.8 Å². The maximum absolute atomic E-state index is 12.8. The molecule has 0 spiro atoms. The third-order valence-electron chi connectivity index (χ3n) is 3.18. The molecule has 0 radical (unpaired) electrons. The Morgan fingerprint density at radius 2 is 1.83 bits per heavy atom. The standard InChI is InChI=1S/C16H28F4O2S/c1-4-5-6-8-13(14(21)22-11-12(2)3)23-10-7-9-16(19,20)15(17)18/h12-13,15H,4-11H2,1-3H3. The molecule has 0 amide bonds. The van der Waals surface area contributed by atoms with Crippen molar-refractivity contribution in [2.75, 3.05) is 12.4 Å². The highest BCUT2D eigenvalue weighted by Gasteiger charge is 2.39. The second kappa shape index (κ2) is 12.0. The van der Waals surface area contributed by atoms with Crippen molar-refractivity contribution in [3.8, 4) is 0 Å². The van der Waals surface area contributed by atoms with Gasteiger partial charge in [-0.3, -0.25) is 4.79 Å². The van der Waals surface area contributed by atoms with E-state index in [0.717, 1.165) is 19.3 Å². The van der Waals surface area contributed by atoms with Crippen LogP contribution in [0.4, 0.5) is 17.6 Å². The topological polar surface area (TPSA) is 26.3 Å². The molecule has 138 valence electrons. The van der Waals surface area contributed by atoms with Crippen molar-refractivity contribution in [2.45, 2.75) is 76.9 Å². The molecule has 1 atom stereocenters. The Kier molecular flexibility index (Phi) is 11.7. The minimum atomic E-state index is -3.95. The molecule has 1 unspecified atom stereocenters. The van der Waals surface area contributed by atoms with E-state index in [-0.39, 0.29) is 24.1 Å². The summed E-state index contributed by atoms with van der Waals surface area (Å²) in [7, 11) is 0. The Bertz CT molecular complexity index is 325. The number of carbonyl (C=O) groups is 1. The number of alkyl halides is 4. The zero-order valence-corrected chi connectivity index (χ0v) is 14.9. The summed E-state index contributed by atoms with van der Waals surface area (Å²) < 4.78 is 55.0. The Morgan fingerprint density at radius 3 is 2.35 bits per heavy atom. The fraction of sp³-hybridized carbons (Fsp3) is 0.938. The van der Waals surface area contributed by atoms with Gasteiger partial charge in [-0.05, 0) is 24.5 Å². The number of halogens is 4. The molecule has 0 aromatic heterocycles. The first-order valence-electron chi connectivity index (χ1n) is 8.14. The lowest BCUT2D eigenvalue weighted by Gasteiger charge is -2.18. The molecule has 0 N–H and O–H groups in total. The largest absolute Gasteiger partial charge is 0.465 e. The third kappa shape index (κ3) is 10.8. The van der Waals surface area contributed by atoms with Crippen molar-refractivity contribution >= 4 is 17.7 Å². The summed E-state index contributed by atoms with van der Waals surface area (Å²) in [5.74, 6) is -3.81. The van der Waals surface area contributed by atoms with E-state index in [1.165, 1.54) is 11.8 Å². The van der Waals surface area contributed by atoms with E-state index in [1.807, 2.05) is 20.8 Å². The van der Waals surface area contributed by atoms with Crippen LogP contribution in [0, 0.1) is 5.92 Å². The van der Waals surface area contributed by atoms with Crippen LogP contribution in [-0.2, 0) is 9.53 Å². The third-order valence-corrected chi connectivity index (χ3v) is 4.54. The molecule has 0 aliphatic heterocycles. The summed E-state index contributed by atoms with van der Waals surface area (Å²) in [6.07, 6.45) is -1.07. The fourth-order valence-corrected chi connectivity index (χ4v) is 2.97. The lowest BCUT2D eigenvalue weighted by molar-refractivity contribution is -0.144. The maximum atomic E-state index is 12.8. The van der Waals surface area contributed by atoms with Gasteiger partial charge in [-0.2, -0.15) is 0 Å². The number of ether oxygens (including phenoxy) is 1. The maximum Gasteiger partial charge on any atom is 0.319 e. The van der Waals surface area contributed by atoms with E-state index in [0.29, 0.717) is 13.0 Å². The van der Waals surface area contributed by atoms with Gasteiger partial charge in [0.05, 0.1) is 6.61 Å². The van der Waals surface area contributed by atoms with Crippen LogP contribution in [0.5, 0.6) is 0 Å². The zero-order chi connectivity index (χ0) is 17.9. The molecule has 0 aliphatic rings. The van der Waals surface area contributed by atoms with Gasteiger partial charge in [0.25, 0.3) is 0 Å². The van der Waals surface area contributed by atoms with Crippen molar-refractivity contribution in [3.63, 3.8) is 0 Å². The molecule has 0 aromatic carbocycles. The minimum Gasteiger partial charge on any atom is -0.465 e. The molecule has 23 heavy (non-hydrogen) atoms. The van der Waals surface area contributed by atoms with Gasteiger partial charge in [0.1, 0.15) is 5.25 Å². The fourth-order valence-electron chi connectivity index (χ4n) is 1.83. The van der Waals surface area contributed by atoms with Gasteiger partial charge in [-0.1, -0.05) is 40.0 Å². The summed E-state index contributed by atoms with van der Waals surface area (Å²) in [6.45, 7) is 6.23. The first kappa shape index (κ1) is 22.5. The number of esters is 1. The Labute approximate surface area is 140 Å². The molecule has 0 aromatic rings. The summed E-state index contributed by atoms with van der Waals surface area (Å²) >= 11 is 1.23. The molecular weight excluding hydrogens is 332 g/mol. The number of hydrogen-bond donors (Lipinski definition) is 0. The van der Waals surface area contributed by atoms with Crippen LogP contribution in [0.2, 0.25) is 0 Å². The molecular formula is C16H28F4O2S. The van der Waals surface area contributed by atoms with Crippen molar-refractivity contribution < 1.29 is 27.1 Å². The normalized spacial score (nSPS) is 13.6. The number of hydrogen-bond acceptors (Lipinski definition) is 3. The number of thioether (sulfide) groups is 1. The smallest absolute Gasteiger partial charge is 0.319 e. The summed E-state index contributed by atoms with van der Waals surface area (Å²) in [6, 6.07) is 0. The number of carbonyl (C=O) groups excluding carboxylic acids is 1. The number of rotatable bonds is 13. The van der Waals surface area contributed by atoms with E-state index in [4.69, 9.17) is 4.74 Å².